The van der Waals surface area contributed by atoms with Gasteiger partial charge in [-0.05, 0) is 43.2 Å². The molecule has 9 nitrogen and oxygen atoms in total. The van der Waals surface area contributed by atoms with Crippen molar-refractivity contribution in [2.45, 2.75) is 44.5 Å². The van der Waals surface area contributed by atoms with E-state index in [1.165, 1.54) is 0 Å². The molecule has 2 aromatic rings. The lowest BCUT2D eigenvalue weighted by molar-refractivity contribution is -0.0890. The predicted molar refractivity (Wildman–Crippen MR) is 141 cm³/mol. The smallest absolute Gasteiger partial charge is 0.203 e. The highest BCUT2D eigenvalue weighted by atomic mass is 16.6. The van der Waals surface area contributed by atoms with Crippen molar-refractivity contribution in [3.8, 4) is 28.7 Å². The van der Waals surface area contributed by atoms with Crippen LogP contribution in [0.15, 0.2) is 30.3 Å². The Morgan fingerprint density at radius 1 is 0.946 bits per heavy atom. The Balaban J connectivity index is 1.52. The first kappa shape index (κ1) is 27.2. The van der Waals surface area contributed by atoms with Crippen molar-refractivity contribution in [3.05, 3.63) is 35.9 Å². The maximum Gasteiger partial charge on any atom is 0.203 e. The van der Waals surface area contributed by atoms with Gasteiger partial charge in [0.05, 0.1) is 47.3 Å². The summed E-state index contributed by atoms with van der Waals surface area (Å²) >= 11 is 0. The Labute approximate surface area is 219 Å². The van der Waals surface area contributed by atoms with Crippen LogP contribution in [0.1, 0.15) is 24.8 Å². The number of nitrogens with two attached hydrogens (primary N) is 1. The number of hydrogen-bond donors (Lipinski definition) is 1. The maximum absolute atomic E-state index is 6.56. The molecule has 0 spiro atoms. The number of nitrogens with zero attached hydrogens (tertiary/aromatic N) is 1. The number of ether oxygens (including phenoxy) is 7. The molecule has 2 N–H and O–H groups in total. The highest BCUT2D eigenvalue weighted by Gasteiger charge is 2.34. The van der Waals surface area contributed by atoms with Gasteiger partial charge in [-0.25, -0.2) is 0 Å². The second-order valence-electron chi connectivity index (χ2n) is 9.48. The van der Waals surface area contributed by atoms with Crippen LogP contribution >= 0.6 is 0 Å². The summed E-state index contributed by atoms with van der Waals surface area (Å²) in [7, 11) is 4.91. The monoisotopic (exact) mass is 516 g/mol. The van der Waals surface area contributed by atoms with E-state index in [2.05, 4.69) is 4.90 Å². The van der Waals surface area contributed by atoms with E-state index in [9.17, 15) is 0 Å². The molecule has 2 aromatic carbocycles. The molecule has 2 fully saturated rings. The van der Waals surface area contributed by atoms with E-state index < -0.39 is 0 Å². The largest absolute Gasteiger partial charge is 0.493 e. The van der Waals surface area contributed by atoms with E-state index in [0.29, 0.717) is 47.5 Å². The maximum atomic E-state index is 6.56. The third-order valence-corrected chi connectivity index (χ3v) is 6.87. The van der Waals surface area contributed by atoms with Gasteiger partial charge in [0.15, 0.2) is 23.0 Å². The van der Waals surface area contributed by atoms with Gasteiger partial charge in [0.2, 0.25) is 5.75 Å². The van der Waals surface area contributed by atoms with Crippen LogP contribution in [0.2, 0.25) is 0 Å². The van der Waals surface area contributed by atoms with Crippen LogP contribution in [0.4, 0.5) is 5.69 Å². The summed E-state index contributed by atoms with van der Waals surface area (Å²) in [4.78, 5) is 2.40. The Hall–Kier alpha value is -2.88. The van der Waals surface area contributed by atoms with E-state index in [4.69, 9.17) is 38.9 Å². The Kier molecular flexibility index (Phi) is 9.60. The zero-order valence-electron chi connectivity index (χ0n) is 22.4. The van der Waals surface area contributed by atoms with Crippen molar-refractivity contribution in [1.82, 2.24) is 4.90 Å². The van der Waals surface area contributed by atoms with Crippen LogP contribution in [-0.4, -0.2) is 84.0 Å². The van der Waals surface area contributed by atoms with E-state index in [-0.39, 0.29) is 18.3 Å². The SMILES string of the molecule is COc1ccc(N)cc1OC(CCN1CCOCC1)C1CC(Oc2c(OC)cc(C)cc2OC)CCO1. The molecule has 0 aromatic heterocycles. The summed E-state index contributed by atoms with van der Waals surface area (Å²) in [6.45, 7) is 6.79. The quantitative estimate of drug-likeness (QED) is 0.449. The molecule has 9 heteroatoms. The molecule has 2 aliphatic heterocycles. The molecule has 204 valence electrons. The van der Waals surface area contributed by atoms with Gasteiger partial charge in [-0.15, -0.1) is 0 Å². The number of aryl methyl sites for hydroxylation is 1. The van der Waals surface area contributed by atoms with Crippen molar-refractivity contribution in [1.29, 1.82) is 0 Å². The highest BCUT2D eigenvalue weighted by Crippen LogP contribution is 2.40. The first-order chi connectivity index (χ1) is 18.0. The van der Waals surface area contributed by atoms with Crippen molar-refractivity contribution in [2.75, 3.05) is 66.5 Å². The summed E-state index contributed by atoms with van der Waals surface area (Å²) in [5.41, 5.74) is 7.73. The van der Waals surface area contributed by atoms with E-state index >= 15 is 0 Å². The van der Waals surface area contributed by atoms with Crippen molar-refractivity contribution >= 4 is 5.69 Å². The normalized spacial score (nSPS) is 21.2. The molecule has 2 heterocycles. The molecule has 37 heavy (non-hydrogen) atoms. The number of hydrogen-bond acceptors (Lipinski definition) is 9. The van der Waals surface area contributed by atoms with Crippen molar-refractivity contribution < 1.29 is 33.2 Å². The fourth-order valence-corrected chi connectivity index (χ4v) is 4.86. The third-order valence-electron chi connectivity index (χ3n) is 6.87. The molecule has 4 rings (SSSR count). The average molecular weight is 517 g/mol. The fraction of sp³-hybridized carbons (Fsp3) is 0.571. The number of morpholine rings is 1. The second-order valence-corrected chi connectivity index (χ2v) is 9.48. The number of anilines is 1. The predicted octanol–water partition coefficient (Wildman–Crippen LogP) is 3.70. The van der Waals surface area contributed by atoms with Gasteiger partial charge in [0.25, 0.3) is 0 Å². The molecule has 0 amide bonds. The van der Waals surface area contributed by atoms with Crippen LogP contribution in [0.3, 0.4) is 0 Å². The molecule has 0 aliphatic carbocycles. The molecule has 0 bridgehead atoms. The minimum absolute atomic E-state index is 0.0820. The van der Waals surface area contributed by atoms with Gasteiger partial charge in [0, 0.05) is 44.2 Å². The van der Waals surface area contributed by atoms with E-state index in [0.717, 1.165) is 51.3 Å². The molecule has 2 saturated heterocycles. The van der Waals surface area contributed by atoms with Gasteiger partial charge < -0.3 is 38.9 Å². The van der Waals surface area contributed by atoms with Gasteiger partial charge in [0.1, 0.15) is 12.2 Å². The Morgan fingerprint density at radius 3 is 2.32 bits per heavy atom. The first-order valence-electron chi connectivity index (χ1n) is 12.9. The highest BCUT2D eigenvalue weighted by molar-refractivity contribution is 5.54. The lowest BCUT2D eigenvalue weighted by Gasteiger charge is -2.36. The standard InChI is InChI=1S/C28H40N2O7/c1-19-15-26(32-3)28(27(16-19)33-4)36-21-8-12-35-24(18-21)23(7-9-30-10-13-34-14-11-30)37-25-17-20(29)5-6-22(25)31-2/h5-6,15-17,21,23-24H,7-14,18,29H2,1-4H3. The molecular formula is C28H40N2O7. The van der Waals surface area contributed by atoms with Crippen LogP contribution in [-0.2, 0) is 9.47 Å². The average Bonchev–Trinajstić information content (AvgIpc) is 2.92. The number of rotatable bonds is 11. The Morgan fingerprint density at radius 2 is 1.65 bits per heavy atom. The molecule has 0 saturated carbocycles. The summed E-state index contributed by atoms with van der Waals surface area (Å²) in [6.07, 6.45) is 1.74. The third kappa shape index (κ3) is 7.12. The number of methoxy groups -OCH3 is 3. The Bertz CT molecular complexity index is 987. The lowest BCUT2D eigenvalue weighted by atomic mass is 9.98. The summed E-state index contributed by atoms with van der Waals surface area (Å²) in [5.74, 6) is 3.19. The number of benzene rings is 2. The van der Waals surface area contributed by atoms with Gasteiger partial charge in [-0.3, -0.25) is 4.90 Å². The van der Waals surface area contributed by atoms with Crippen molar-refractivity contribution in [2.24, 2.45) is 0 Å². The summed E-state index contributed by atoms with van der Waals surface area (Å²) in [5, 5.41) is 0. The van der Waals surface area contributed by atoms with Gasteiger partial charge in [-0.1, -0.05) is 0 Å². The zero-order chi connectivity index (χ0) is 26.2. The first-order valence-corrected chi connectivity index (χ1v) is 12.9. The lowest BCUT2D eigenvalue weighted by Crippen LogP contribution is -2.45. The summed E-state index contributed by atoms with van der Waals surface area (Å²) in [6, 6.07) is 9.34. The van der Waals surface area contributed by atoms with Gasteiger partial charge in [-0.2, -0.15) is 0 Å². The van der Waals surface area contributed by atoms with Gasteiger partial charge >= 0.3 is 0 Å². The van der Waals surface area contributed by atoms with Crippen molar-refractivity contribution in [3.63, 3.8) is 0 Å². The fourth-order valence-electron chi connectivity index (χ4n) is 4.86. The molecule has 0 radical (unpaired) electrons. The molecule has 3 atom stereocenters. The van der Waals surface area contributed by atoms with Crippen LogP contribution in [0.25, 0.3) is 0 Å². The van der Waals surface area contributed by atoms with E-state index in [1.807, 2.05) is 25.1 Å². The second kappa shape index (κ2) is 13.1. The minimum Gasteiger partial charge on any atom is -0.493 e. The van der Waals surface area contributed by atoms with E-state index in [1.54, 1.807) is 33.5 Å². The molecular weight excluding hydrogens is 476 g/mol. The molecule has 2 aliphatic rings. The minimum atomic E-state index is -0.216. The number of nitrogen functional groups attached to an aromatic ring is 1. The topological polar surface area (TPSA) is 93.9 Å². The van der Waals surface area contributed by atoms with Crippen LogP contribution in [0.5, 0.6) is 28.7 Å². The summed E-state index contributed by atoms with van der Waals surface area (Å²) < 4.78 is 41.6. The molecule has 3 unspecified atom stereocenters. The van der Waals surface area contributed by atoms with Crippen LogP contribution < -0.4 is 29.4 Å². The zero-order valence-corrected chi connectivity index (χ0v) is 22.4. The van der Waals surface area contributed by atoms with Crippen LogP contribution in [0, 0.1) is 6.92 Å².